The minimum Gasteiger partial charge on any atom is -0.321 e. The summed E-state index contributed by atoms with van der Waals surface area (Å²) in [5.74, 6) is 0.260. The molecule has 0 radical (unpaired) electrons. The summed E-state index contributed by atoms with van der Waals surface area (Å²) >= 11 is 0. The predicted molar refractivity (Wildman–Crippen MR) is 119 cm³/mol. The van der Waals surface area contributed by atoms with Crippen LogP contribution in [0.2, 0.25) is 0 Å². The third-order valence-electron chi connectivity index (χ3n) is 4.80. The van der Waals surface area contributed by atoms with Gasteiger partial charge in [-0.2, -0.15) is 0 Å². The van der Waals surface area contributed by atoms with Crippen molar-refractivity contribution in [1.82, 2.24) is 19.3 Å². The summed E-state index contributed by atoms with van der Waals surface area (Å²) in [7, 11) is -3.66. The van der Waals surface area contributed by atoms with E-state index in [9.17, 15) is 13.2 Å². The van der Waals surface area contributed by atoms with Crippen LogP contribution < -0.4 is 10.0 Å². The van der Waals surface area contributed by atoms with E-state index in [1.54, 1.807) is 44.6 Å². The molecule has 0 aliphatic carbocycles. The van der Waals surface area contributed by atoms with E-state index in [-0.39, 0.29) is 17.0 Å². The van der Waals surface area contributed by atoms with Gasteiger partial charge >= 0.3 is 0 Å². The predicted octanol–water partition coefficient (Wildman–Crippen LogP) is 3.28. The van der Waals surface area contributed by atoms with Gasteiger partial charge in [-0.05, 0) is 48.9 Å². The largest absolute Gasteiger partial charge is 0.321 e. The Morgan fingerprint density at radius 2 is 1.87 bits per heavy atom. The lowest BCUT2D eigenvalue weighted by molar-refractivity contribution is 0.102. The SMILES string of the molecule is CCNS(=O)(=O)c1ccc(C)c(C(=O)Nc2ccc(-n3cnc4ccccc43)nc2)c1. The molecule has 31 heavy (non-hydrogen) atoms. The lowest BCUT2D eigenvalue weighted by Gasteiger charge is -2.11. The quantitative estimate of drug-likeness (QED) is 0.483. The van der Waals surface area contributed by atoms with Crippen LogP contribution in [-0.2, 0) is 10.0 Å². The summed E-state index contributed by atoms with van der Waals surface area (Å²) in [6.45, 7) is 3.72. The van der Waals surface area contributed by atoms with Crippen molar-refractivity contribution >= 4 is 32.7 Å². The summed E-state index contributed by atoms with van der Waals surface area (Å²) in [5, 5.41) is 2.78. The first-order valence-electron chi connectivity index (χ1n) is 9.69. The van der Waals surface area contributed by atoms with Crippen LogP contribution in [0.3, 0.4) is 0 Å². The number of benzene rings is 2. The molecule has 158 valence electrons. The Labute approximate surface area is 180 Å². The molecular formula is C22H21N5O3S. The molecule has 0 fully saturated rings. The Bertz CT molecular complexity index is 1360. The van der Waals surface area contributed by atoms with Crippen LogP contribution in [0, 0.1) is 6.92 Å². The van der Waals surface area contributed by atoms with Crippen LogP contribution in [0.25, 0.3) is 16.9 Å². The molecule has 8 nitrogen and oxygen atoms in total. The third kappa shape index (κ3) is 4.18. The minimum absolute atomic E-state index is 0.0468. The molecule has 0 saturated carbocycles. The van der Waals surface area contributed by atoms with E-state index in [2.05, 4.69) is 20.0 Å². The average Bonchev–Trinajstić information content (AvgIpc) is 3.18. The number of nitrogens with one attached hydrogen (secondary N) is 2. The van der Waals surface area contributed by atoms with Crippen LogP contribution in [0.5, 0.6) is 0 Å². The lowest BCUT2D eigenvalue weighted by atomic mass is 10.1. The number of para-hydroxylation sites is 2. The monoisotopic (exact) mass is 435 g/mol. The standard InChI is InChI=1S/C22H21N5O3S/c1-3-25-31(29,30)17-10-8-15(2)18(12-17)22(28)26-16-9-11-21(23-13-16)27-14-24-19-6-4-5-7-20(19)27/h4-14,25H,3H2,1-2H3,(H,26,28). The molecule has 2 N–H and O–H groups in total. The molecule has 2 heterocycles. The fourth-order valence-corrected chi connectivity index (χ4v) is 4.30. The summed E-state index contributed by atoms with van der Waals surface area (Å²) in [4.78, 5) is 21.6. The number of hydrogen-bond acceptors (Lipinski definition) is 5. The number of hydrogen-bond donors (Lipinski definition) is 2. The number of nitrogens with zero attached hydrogens (tertiary/aromatic N) is 3. The summed E-state index contributed by atoms with van der Waals surface area (Å²) in [6.07, 6.45) is 3.25. The van der Waals surface area contributed by atoms with E-state index in [0.717, 1.165) is 11.0 Å². The van der Waals surface area contributed by atoms with Gasteiger partial charge in [0.25, 0.3) is 5.91 Å². The van der Waals surface area contributed by atoms with Crippen LogP contribution in [0.15, 0.2) is 72.0 Å². The van der Waals surface area contributed by atoms with Crippen LogP contribution in [0.1, 0.15) is 22.8 Å². The normalized spacial score (nSPS) is 11.5. The zero-order chi connectivity index (χ0) is 22.0. The highest BCUT2D eigenvalue weighted by Gasteiger charge is 2.17. The van der Waals surface area contributed by atoms with Gasteiger partial charge in [0.2, 0.25) is 10.0 Å². The van der Waals surface area contributed by atoms with Gasteiger partial charge in [0.05, 0.1) is 27.8 Å². The number of anilines is 1. The maximum Gasteiger partial charge on any atom is 0.256 e. The maximum absolute atomic E-state index is 12.8. The van der Waals surface area contributed by atoms with E-state index in [1.165, 1.54) is 12.1 Å². The van der Waals surface area contributed by atoms with Gasteiger partial charge in [-0.15, -0.1) is 0 Å². The topological polar surface area (TPSA) is 106 Å². The van der Waals surface area contributed by atoms with E-state index in [4.69, 9.17) is 0 Å². The molecule has 0 bridgehead atoms. The van der Waals surface area contributed by atoms with Crippen LogP contribution in [0.4, 0.5) is 5.69 Å². The summed E-state index contributed by atoms with van der Waals surface area (Å²) in [5.41, 5.74) is 3.24. The molecule has 2 aromatic heterocycles. The summed E-state index contributed by atoms with van der Waals surface area (Å²) in [6, 6.07) is 15.7. The first-order valence-corrected chi connectivity index (χ1v) is 11.2. The van der Waals surface area contributed by atoms with Crippen molar-refractivity contribution < 1.29 is 13.2 Å². The van der Waals surface area contributed by atoms with Crippen LogP contribution in [-0.4, -0.2) is 35.4 Å². The van der Waals surface area contributed by atoms with E-state index < -0.39 is 15.9 Å². The highest BCUT2D eigenvalue weighted by molar-refractivity contribution is 7.89. The Morgan fingerprint density at radius 3 is 2.61 bits per heavy atom. The highest BCUT2D eigenvalue weighted by Crippen LogP contribution is 2.20. The smallest absolute Gasteiger partial charge is 0.256 e. The minimum atomic E-state index is -3.66. The third-order valence-corrected chi connectivity index (χ3v) is 6.35. The van der Waals surface area contributed by atoms with E-state index in [1.807, 2.05) is 28.8 Å². The van der Waals surface area contributed by atoms with Crippen molar-refractivity contribution in [1.29, 1.82) is 0 Å². The summed E-state index contributed by atoms with van der Waals surface area (Å²) < 4.78 is 28.8. The van der Waals surface area contributed by atoms with Crippen molar-refractivity contribution in [3.05, 3.63) is 78.2 Å². The molecule has 0 unspecified atom stereocenters. The number of imidazole rings is 1. The molecule has 1 amide bonds. The number of fused-ring (bicyclic) bond motifs is 1. The molecule has 0 aliphatic rings. The first kappa shape index (κ1) is 20.7. The second-order valence-corrected chi connectivity index (χ2v) is 8.71. The number of carbonyl (C=O) groups is 1. The van der Waals surface area contributed by atoms with Gasteiger partial charge in [0, 0.05) is 12.1 Å². The zero-order valence-corrected chi connectivity index (χ0v) is 17.8. The number of aryl methyl sites for hydroxylation is 1. The molecule has 9 heteroatoms. The molecule has 0 aliphatic heterocycles. The number of rotatable bonds is 6. The second kappa shape index (κ2) is 8.29. The molecule has 0 atom stereocenters. The average molecular weight is 436 g/mol. The Balaban J connectivity index is 1.57. The molecule has 4 aromatic rings. The van der Waals surface area contributed by atoms with E-state index in [0.29, 0.717) is 17.1 Å². The van der Waals surface area contributed by atoms with Gasteiger partial charge in [-0.3, -0.25) is 9.36 Å². The maximum atomic E-state index is 12.8. The number of aromatic nitrogens is 3. The zero-order valence-electron chi connectivity index (χ0n) is 17.0. The van der Waals surface area contributed by atoms with Crippen molar-refractivity contribution in [3.8, 4) is 5.82 Å². The fourth-order valence-electron chi connectivity index (χ4n) is 3.23. The number of amides is 1. The van der Waals surface area contributed by atoms with Gasteiger partial charge in [0.15, 0.2) is 0 Å². The molecular weight excluding hydrogens is 414 g/mol. The van der Waals surface area contributed by atoms with Crippen molar-refractivity contribution in [3.63, 3.8) is 0 Å². The molecule has 4 rings (SSSR count). The highest BCUT2D eigenvalue weighted by atomic mass is 32.2. The molecule has 0 saturated heterocycles. The Morgan fingerprint density at radius 1 is 1.06 bits per heavy atom. The van der Waals surface area contributed by atoms with Gasteiger partial charge < -0.3 is 5.32 Å². The first-order chi connectivity index (χ1) is 14.9. The molecule has 2 aromatic carbocycles. The van der Waals surface area contributed by atoms with Gasteiger partial charge in [-0.1, -0.05) is 25.1 Å². The lowest BCUT2D eigenvalue weighted by Crippen LogP contribution is -2.24. The van der Waals surface area contributed by atoms with Crippen molar-refractivity contribution in [2.75, 3.05) is 11.9 Å². The number of pyridine rings is 1. The second-order valence-electron chi connectivity index (χ2n) is 6.94. The number of carbonyl (C=O) groups excluding carboxylic acids is 1. The van der Waals surface area contributed by atoms with Gasteiger partial charge in [0.1, 0.15) is 12.1 Å². The van der Waals surface area contributed by atoms with E-state index >= 15 is 0 Å². The van der Waals surface area contributed by atoms with Crippen molar-refractivity contribution in [2.45, 2.75) is 18.7 Å². The fraction of sp³-hybridized carbons (Fsp3) is 0.136. The molecule has 0 spiro atoms. The Kier molecular flexibility index (Phi) is 5.53. The Hall–Kier alpha value is -3.56. The van der Waals surface area contributed by atoms with Gasteiger partial charge in [-0.25, -0.2) is 23.1 Å². The van der Waals surface area contributed by atoms with Crippen LogP contribution >= 0.6 is 0 Å². The number of sulfonamides is 1. The van der Waals surface area contributed by atoms with Crippen molar-refractivity contribution in [2.24, 2.45) is 0 Å².